The van der Waals surface area contributed by atoms with Crippen LogP contribution in [0.2, 0.25) is 5.15 Å². The third kappa shape index (κ3) is 7.73. The molecule has 2 aromatic heterocycles. The summed E-state index contributed by atoms with van der Waals surface area (Å²) in [6.07, 6.45) is 4.05. The fraction of sp³-hybridized carbons (Fsp3) is 0.510. The molecular formula is C49H55ClN8O8. The second kappa shape index (κ2) is 17.2. The molecule has 6 fully saturated rings. The number of likely N-dealkylation sites (tertiary alicyclic amines) is 2. The summed E-state index contributed by atoms with van der Waals surface area (Å²) in [6, 6.07) is 17.0. The lowest BCUT2D eigenvalue weighted by molar-refractivity contribution is -0.139. The second-order valence-corrected chi connectivity index (χ2v) is 19.5. The molecule has 3 aromatic carbocycles. The zero-order chi connectivity index (χ0) is 45.4. The predicted octanol–water partition coefficient (Wildman–Crippen LogP) is 7.30. The Morgan fingerprint density at radius 1 is 0.712 bits per heavy atom. The number of nitrogens with one attached hydrogen (secondary N) is 4. The lowest BCUT2D eigenvalue weighted by Crippen LogP contribution is -2.54. The van der Waals surface area contributed by atoms with E-state index in [9.17, 15) is 19.2 Å². The molecule has 66 heavy (non-hydrogen) atoms. The Morgan fingerprint density at radius 2 is 1.27 bits per heavy atom. The SMILES string of the molecule is COC(=O)N[C@H](C(=O)N1[C@@H]2[C@H](C)[C@@H]2C[C@H]1c1nc(-c2ccc3cc(-c4ccc5nc([C@@H]6C[C@H]7C[C@H]7N6C(=O)[C@@H](NC(=O)OC)C6CCOCC6)[nH]c5c4)ccc3c2)c(Cl)[nH]1)C1CCOCC1. The molecule has 2 saturated carbocycles. The van der Waals surface area contributed by atoms with Crippen molar-refractivity contribution in [1.29, 1.82) is 0 Å². The second-order valence-electron chi connectivity index (χ2n) is 19.1. The average Bonchev–Trinajstić information content (AvgIpc) is 3.85. The van der Waals surface area contributed by atoms with E-state index in [0.717, 1.165) is 63.6 Å². The predicted molar refractivity (Wildman–Crippen MR) is 244 cm³/mol. The van der Waals surface area contributed by atoms with E-state index >= 15 is 0 Å². The van der Waals surface area contributed by atoms with Crippen LogP contribution in [0.25, 0.3) is 44.2 Å². The minimum Gasteiger partial charge on any atom is -0.453 e. The van der Waals surface area contributed by atoms with Crippen molar-refractivity contribution in [3.8, 4) is 22.4 Å². The number of piperidine rings is 2. The summed E-state index contributed by atoms with van der Waals surface area (Å²) in [4.78, 5) is 74.6. The number of H-pyrrole nitrogens is 2. The molecule has 4 amide bonds. The van der Waals surface area contributed by atoms with Gasteiger partial charge in [0.2, 0.25) is 11.8 Å². The van der Waals surface area contributed by atoms with Gasteiger partial charge in [-0.15, -0.1) is 0 Å². The van der Waals surface area contributed by atoms with Gasteiger partial charge in [-0.25, -0.2) is 19.6 Å². The third-order valence-electron chi connectivity index (χ3n) is 15.5. The van der Waals surface area contributed by atoms with E-state index < -0.39 is 24.3 Å². The van der Waals surface area contributed by atoms with Gasteiger partial charge in [-0.2, -0.15) is 0 Å². The minimum atomic E-state index is -0.727. The maximum atomic E-state index is 14.5. The fourth-order valence-corrected chi connectivity index (χ4v) is 11.9. The van der Waals surface area contributed by atoms with Crippen LogP contribution in [0.4, 0.5) is 9.59 Å². The molecule has 16 nitrogen and oxygen atoms in total. The van der Waals surface area contributed by atoms with Gasteiger partial charge in [0.25, 0.3) is 0 Å². The molecule has 0 spiro atoms. The van der Waals surface area contributed by atoms with Crippen LogP contribution in [0, 0.1) is 29.6 Å². The number of alkyl carbamates (subject to hydrolysis) is 2. The van der Waals surface area contributed by atoms with Crippen molar-refractivity contribution in [2.45, 2.75) is 88.1 Å². The highest BCUT2D eigenvalue weighted by molar-refractivity contribution is 6.32. The number of fused-ring (bicyclic) bond motifs is 4. The number of nitrogens with zero attached hydrogens (tertiary/aromatic N) is 4. The Morgan fingerprint density at radius 3 is 1.92 bits per heavy atom. The molecule has 6 heterocycles. The molecule has 4 saturated heterocycles. The number of amides is 4. The van der Waals surface area contributed by atoms with Gasteiger partial charge in [-0.05, 0) is 121 Å². The van der Waals surface area contributed by atoms with Crippen LogP contribution in [-0.4, -0.2) is 119 Å². The van der Waals surface area contributed by atoms with E-state index in [1.165, 1.54) is 14.2 Å². The van der Waals surface area contributed by atoms with Crippen LogP contribution >= 0.6 is 11.6 Å². The quantitative estimate of drug-likeness (QED) is 0.111. The minimum absolute atomic E-state index is 0.0338. The molecule has 11 rings (SSSR count). The topological polar surface area (TPSA) is 193 Å². The molecule has 9 atom stereocenters. The normalized spacial score (nSPS) is 27.0. The van der Waals surface area contributed by atoms with E-state index in [4.69, 9.17) is 40.5 Å². The Kier molecular flexibility index (Phi) is 11.2. The van der Waals surface area contributed by atoms with Crippen LogP contribution in [-0.2, 0) is 28.5 Å². The standard InChI is InChI=1S/C49H55ClN8O8/c1-24-33-23-38(58(42(24)33)47(60)41(55-49(62)64-3)26-12-16-66-17-13-26)45-53-39(43(50)56-45)31-7-6-27-18-28(4-5-29(27)19-31)30-8-9-34-35(20-30)52-44(51-34)37-22-32-21-36(32)57(37)46(59)40(54-48(61)63-2)25-10-14-65-15-11-25/h4-9,18-20,24-26,32-33,36-38,40-42H,10-17,21-23H2,1-3H3,(H,51,52)(H,53,56)(H,54,61)(H,55,62)/t24-,32-,33+,36-,37+,38+,40+,41+,42-/m1/s1. The number of benzene rings is 3. The number of hydrogen-bond acceptors (Lipinski definition) is 10. The average molecular weight is 919 g/mol. The van der Waals surface area contributed by atoms with Crippen molar-refractivity contribution in [3.05, 3.63) is 71.4 Å². The number of carbonyl (C=O) groups is 4. The van der Waals surface area contributed by atoms with Gasteiger partial charge in [0.1, 0.15) is 34.6 Å². The van der Waals surface area contributed by atoms with Crippen molar-refractivity contribution in [1.82, 2.24) is 40.4 Å². The summed E-state index contributed by atoms with van der Waals surface area (Å²) in [5, 5.41) is 8.20. The molecule has 17 heteroatoms. The van der Waals surface area contributed by atoms with Gasteiger partial charge in [0, 0.05) is 44.1 Å². The first-order valence-corrected chi connectivity index (χ1v) is 23.7. The number of imidazole rings is 2. The summed E-state index contributed by atoms with van der Waals surface area (Å²) in [5.41, 5.74) is 5.25. The Hall–Kier alpha value is -5.71. The summed E-state index contributed by atoms with van der Waals surface area (Å²) >= 11 is 6.92. The van der Waals surface area contributed by atoms with Gasteiger partial charge in [-0.3, -0.25) is 9.59 Å². The Balaban J connectivity index is 0.820. The summed E-state index contributed by atoms with van der Waals surface area (Å²) in [7, 11) is 2.63. The number of halogens is 1. The van der Waals surface area contributed by atoms with E-state index in [1.54, 1.807) is 0 Å². The molecule has 5 aromatic rings. The molecule has 346 valence electrons. The summed E-state index contributed by atoms with van der Waals surface area (Å²) in [6.45, 7) is 4.37. The Labute approximate surface area is 386 Å². The number of aromatic amines is 2. The van der Waals surface area contributed by atoms with Gasteiger partial charge >= 0.3 is 12.2 Å². The van der Waals surface area contributed by atoms with E-state index in [1.807, 2.05) is 21.9 Å². The molecule has 0 bridgehead atoms. The third-order valence-corrected chi connectivity index (χ3v) is 15.7. The van der Waals surface area contributed by atoms with Crippen molar-refractivity contribution < 1.29 is 38.1 Å². The van der Waals surface area contributed by atoms with Crippen molar-refractivity contribution in [2.24, 2.45) is 29.6 Å². The first kappa shape index (κ1) is 42.9. The lowest BCUT2D eigenvalue weighted by Gasteiger charge is -2.35. The maximum absolute atomic E-state index is 14.5. The molecule has 2 aliphatic carbocycles. The summed E-state index contributed by atoms with van der Waals surface area (Å²) < 4.78 is 21.0. The van der Waals surface area contributed by atoms with Crippen molar-refractivity contribution in [3.63, 3.8) is 0 Å². The molecule has 4 N–H and O–H groups in total. The monoisotopic (exact) mass is 918 g/mol. The van der Waals surface area contributed by atoms with Crippen LogP contribution in [0.5, 0.6) is 0 Å². The van der Waals surface area contributed by atoms with Crippen molar-refractivity contribution in [2.75, 3.05) is 40.6 Å². The molecule has 4 aliphatic heterocycles. The first-order valence-electron chi connectivity index (χ1n) is 23.4. The number of carbonyl (C=O) groups excluding carboxylic acids is 4. The first-order chi connectivity index (χ1) is 32.1. The maximum Gasteiger partial charge on any atom is 0.407 e. The number of hydrogen-bond donors (Lipinski definition) is 4. The van der Waals surface area contributed by atoms with Crippen LogP contribution in [0.3, 0.4) is 0 Å². The number of rotatable bonds is 10. The van der Waals surface area contributed by atoms with Gasteiger partial charge in [0.05, 0.1) is 37.3 Å². The van der Waals surface area contributed by atoms with Crippen LogP contribution in [0.15, 0.2) is 54.6 Å². The number of aromatic nitrogens is 4. The zero-order valence-corrected chi connectivity index (χ0v) is 38.0. The summed E-state index contributed by atoms with van der Waals surface area (Å²) in [5.74, 6) is 2.22. The van der Waals surface area contributed by atoms with Gasteiger partial charge < -0.3 is 49.3 Å². The highest BCUT2D eigenvalue weighted by Gasteiger charge is 2.62. The molecular weight excluding hydrogens is 864 g/mol. The lowest BCUT2D eigenvalue weighted by atomic mass is 9.90. The smallest absolute Gasteiger partial charge is 0.407 e. The Bertz CT molecular complexity index is 2710. The van der Waals surface area contributed by atoms with Crippen LogP contribution < -0.4 is 10.6 Å². The highest BCUT2D eigenvalue weighted by Crippen LogP contribution is 2.58. The van der Waals surface area contributed by atoms with Gasteiger partial charge in [0.15, 0.2) is 0 Å². The molecule has 6 aliphatic rings. The largest absolute Gasteiger partial charge is 0.453 e. The number of methoxy groups -OCH3 is 2. The molecule has 0 unspecified atom stereocenters. The van der Waals surface area contributed by atoms with E-state index in [0.29, 0.717) is 86.5 Å². The number of ether oxygens (including phenoxy) is 4. The zero-order valence-electron chi connectivity index (χ0n) is 37.3. The highest BCUT2D eigenvalue weighted by atomic mass is 35.5. The molecule has 0 radical (unpaired) electrons. The van der Waals surface area contributed by atoms with Crippen molar-refractivity contribution >= 4 is 57.4 Å². The van der Waals surface area contributed by atoms with E-state index in [2.05, 4.69) is 70.0 Å². The fourth-order valence-electron chi connectivity index (χ4n) is 11.7. The van der Waals surface area contributed by atoms with Crippen LogP contribution in [0.1, 0.15) is 75.6 Å². The van der Waals surface area contributed by atoms with E-state index in [-0.39, 0.29) is 47.8 Å². The van der Waals surface area contributed by atoms with Gasteiger partial charge in [-0.1, -0.05) is 48.9 Å².